The van der Waals surface area contributed by atoms with Crippen LogP contribution in [-0.2, 0) is 17.9 Å². The molecule has 4 heteroatoms. The molecule has 1 N–H and O–H groups in total. The average molecular weight is 426 g/mol. The van der Waals surface area contributed by atoms with Crippen molar-refractivity contribution in [3.05, 3.63) is 42.7 Å². The van der Waals surface area contributed by atoms with Crippen LogP contribution in [0.25, 0.3) is 11.0 Å². The van der Waals surface area contributed by atoms with Gasteiger partial charge in [0.1, 0.15) is 5.82 Å². The summed E-state index contributed by atoms with van der Waals surface area (Å²) < 4.78 is 2.26. The number of amides is 1. The number of para-hydroxylation sites is 2. The zero-order valence-electron chi connectivity index (χ0n) is 19.7. The van der Waals surface area contributed by atoms with Crippen LogP contribution in [0.5, 0.6) is 0 Å². The molecule has 1 amide bonds. The van der Waals surface area contributed by atoms with E-state index < -0.39 is 0 Å². The highest BCUT2D eigenvalue weighted by Gasteiger charge is 2.10. The second kappa shape index (κ2) is 15.7. The molecule has 0 saturated heterocycles. The van der Waals surface area contributed by atoms with Crippen LogP contribution in [0.4, 0.5) is 0 Å². The van der Waals surface area contributed by atoms with E-state index in [4.69, 9.17) is 4.98 Å². The van der Waals surface area contributed by atoms with E-state index >= 15 is 0 Å². The van der Waals surface area contributed by atoms with Gasteiger partial charge >= 0.3 is 0 Å². The number of fused-ring (bicyclic) bond motifs is 1. The number of nitrogens with zero attached hydrogens (tertiary/aromatic N) is 2. The number of carbonyl (C=O) groups excluding carboxylic acids is 1. The molecule has 0 atom stereocenters. The summed E-state index contributed by atoms with van der Waals surface area (Å²) in [5, 5.41) is 2.86. The van der Waals surface area contributed by atoms with Crippen LogP contribution in [0.2, 0.25) is 0 Å². The Labute approximate surface area is 189 Å². The lowest BCUT2D eigenvalue weighted by Gasteiger charge is -2.10. The van der Waals surface area contributed by atoms with Gasteiger partial charge in [-0.1, -0.05) is 109 Å². The molecule has 172 valence electrons. The second-order valence-corrected chi connectivity index (χ2v) is 8.69. The number of imidazole rings is 1. The monoisotopic (exact) mass is 425 g/mol. The number of unbranched alkanes of at least 4 members (excludes halogenated alkanes) is 13. The van der Waals surface area contributed by atoms with Crippen molar-refractivity contribution in [2.24, 2.45) is 0 Å². The van der Waals surface area contributed by atoms with Crippen molar-refractivity contribution < 1.29 is 4.79 Å². The van der Waals surface area contributed by atoms with Crippen molar-refractivity contribution in [1.82, 2.24) is 14.9 Å². The van der Waals surface area contributed by atoms with Crippen LogP contribution in [-0.4, -0.2) is 15.5 Å². The number of hydrogen-bond donors (Lipinski definition) is 1. The number of benzene rings is 1. The van der Waals surface area contributed by atoms with Gasteiger partial charge in [-0.3, -0.25) is 4.79 Å². The first-order chi connectivity index (χ1) is 15.3. The first-order valence-electron chi connectivity index (χ1n) is 12.6. The minimum Gasteiger partial charge on any atom is -0.345 e. The average Bonchev–Trinajstić information content (AvgIpc) is 3.15. The molecular weight excluding hydrogens is 382 g/mol. The first-order valence-corrected chi connectivity index (χ1v) is 12.6. The standard InChI is InChI=1S/C27H43N3O/c1-3-5-6-7-8-9-10-11-12-13-14-15-16-19-22-30-25-21-18-17-20-24(25)29-26(30)23-28-27(31)4-2/h4,17-18,20-21H,2-3,5-16,19,22-23H2,1H3,(H,28,31). The van der Waals surface area contributed by atoms with Gasteiger partial charge in [0.05, 0.1) is 17.6 Å². The molecule has 1 aromatic carbocycles. The topological polar surface area (TPSA) is 46.9 Å². The number of rotatable bonds is 18. The van der Waals surface area contributed by atoms with E-state index in [1.165, 1.54) is 89.5 Å². The number of aromatic nitrogens is 2. The fourth-order valence-electron chi connectivity index (χ4n) is 4.21. The normalized spacial score (nSPS) is 11.1. The van der Waals surface area contributed by atoms with E-state index in [0.29, 0.717) is 6.54 Å². The molecule has 0 bridgehead atoms. The highest BCUT2D eigenvalue weighted by atomic mass is 16.1. The molecular formula is C27H43N3O. The van der Waals surface area contributed by atoms with Crippen molar-refractivity contribution in [2.45, 2.75) is 110 Å². The Kier molecular flexibility index (Phi) is 12.7. The fourth-order valence-corrected chi connectivity index (χ4v) is 4.21. The third-order valence-electron chi connectivity index (χ3n) is 6.08. The van der Waals surface area contributed by atoms with Gasteiger partial charge in [0.25, 0.3) is 0 Å². The molecule has 0 aliphatic heterocycles. The predicted octanol–water partition coefficient (Wildman–Crippen LogP) is 7.32. The minimum atomic E-state index is -0.157. The van der Waals surface area contributed by atoms with E-state index in [1.807, 2.05) is 12.1 Å². The maximum absolute atomic E-state index is 11.5. The fraction of sp³-hybridized carbons (Fsp3) is 0.630. The molecule has 4 nitrogen and oxygen atoms in total. The number of carbonyl (C=O) groups is 1. The Morgan fingerprint density at radius 1 is 0.903 bits per heavy atom. The summed E-state index contributed by atoms with van der Waals surface area (Å²) in [5.41, 5.74) is 2.15. The molecule has 0 fully saturated rings. The van der Waals surface area contributed by atoms with Crippen LogP contribution < -0.4 is 5.32 Å². The molecule has 0 aliphatic rings. The molecule has 2 rings (SSSR count). The Morgan fingerprint density at radius 3 is 2.03 bits per heavy atom. The lowest BCUT2D eigenvalue weighted by Crippen LogP contribution is -2.22. The van der Waals surface area contributed by atoms with Crippen molar-refractivity contribution in [2.75, 3.05) is 0 Å². The summed E-state index contributed by atoms with van der Waals surface area (Å²) in [4.78, 5) is 16.3. The molecule has 0 radical (unpaired) electrons. The Bertz CT molecular complexity index is 765. The summed E-state index contributed by atoms with van der Waals surface area (Å²) in [6.07, 6.45) is 20.5. The van der Waals surface area contributed by atoms with Crippen LogP contribution in [0.15, 0.2) is 36.9 Å². The Balaban J connectivity index is 1.59. The smallest absolute Gasteiger partial charge is 0.243 e. The van der Waals surface area contributed by atoms with Crippen LogP contribution in [0.1, 0.15) is 103 Å². The summed E-state index contributed by atoms with van der Waals surface area (Å²) >= 11 is 0. The van der Waals surface area contributed by atoms with Gasteiger partial charge < -0.3 is 9.88 Å². The molecule has 0 unspecified atom stereocenters. The van der Waals surface area contributed by atoms with E-state index in [2.05, 4.69) is 35.5 Å². The van der Waals surface area contributed by atoms with Crippen LogP contribution in [0, 0.1) is 0 Å². The van der Waals surface area contributed by atoms with Crippen molar-refractivity contribution in [1.29, 1.82) is 0 Å². The first kappa shape index (κ1) is 25.2. The van der Waals surface area contributed by atoms with Crippen LogP contribution >= 0.6 is 0 Å². The van der Waals surface area contributed by atoms with Gasteiger partial charge in [0.2, 0.25) is 5.91 Å². The molecule has 1 heterocycles. The molecule has 1 aromatic heterocycles. The Hall–Kier alpha value is -2.10. The highest BCUT2D eigenvalue weighted by molar-refractivity contribution is 5.86. The highest BCUT2D eigenvalue weighted by Crippen LogP contribution is 2.18. The number of aryl methyl sites for hydroxylation is 1. The van der Waals surface area contributed by atoms with E-state index in [-0.39, 0.29) is 5.91 Å². The van der Waals surface area contributed by atoms with Gasteiger partial charge in [0.15, 0.2) is 0 Å². The van der Waals surface area contributed by atoms with Gasteiger partial charge in [-0.15, -0.1) is 0 Å². The molecule has 0 saturated carbocycles. The van der Waals surface area contributed by atoms with Crippen molar-refractivity contribution >= 4 is 16.9 Å². The summed E-state index contributed by atoms with van der Waals surface area (Å²) in [5.74, 6) is 0.765. The molecule has 31 heavy (non-hydrogen) atoms. The lowest BCUT2D eigenvalue weighted by molar-refractivity contribution is -0.116. The third-order valence-corrected chi connectivity index (χ3v) is 6.08. The van der Waals surface area contributed by atoms with E-state index in [9.17, 15) is 4.79 Å². The number of hydrogen-bond acceptors (Lipinski definition) is 2. The zero-order chi connectivity index (χ0) is 22.2. The summed E-state index contributed by atoms with van der Waals surface area (Å²) in [7, 11) is 0. The maximum Gasteiger partial charge on any atom is 0.243 e. The number of nitrogens with one attached hydrogen (secondary N) is 1. The van der Waals surface area contributed by atoms with Crippen molar-refractivity contribution in [3.63, 3.8) is 0 Å². The van der Waals surface area contributed by atoms with E-state index in [1.54, 1.807) is 0 Å². The molecule has 0 spiro atoms. The SMILES string of the molecule is C=CC(=O)NCc1nc2ccccc2n1CCCCCCCCCCCCCCCC. The lowest BCUT2D eigenvalue weighted by atomic mass is 10.0. The van der Waals surface area contributed by atoms with Crippen molar-refractivity contribution in [3.8, 4) is 0 Å². The van der Waals surface area contributed by atoms with Gasteiger partial charge in [-0.05, 0) is 24.6 Å². The largest absolute Gasteiger partial charge is 0.345 e. The molecule has 0 aliphatic carbocycles. The van der Waals surface area contributed by atoms with Gasteiger partial charge in [-0.25, -0.2) is 4.98 Å². The minimum absolute atomic E-state index is 0.157. The second-order valence-electron chi connectivity index (χ2n) is 8.69. The zero-order valence-corrected chi connectivity index (χ0v) is 19.7. The quantitative estimate of drug-likeness (QED) is 0.201. The maximum atomic E-state index is 11.5. The van der Waals surface area contributed by atoms with Gasteiger partial charge in [0, 0.05) is 6.54 Å². The van der Waals surface area contributed by atoms with Gasteiger partial charge in [-0.2, -0.15) is 0 Å². The molecule has 2 aromatic rings. The van der Waals surface area contributed by atoms with E-state index in [0.717, 1.165) is 29.8 Å². The third kappa shape index (κ3) is 9.71. The summed E-state index contributed by atoms with van der Waals surface area (Å²) in [6, 6.07) is 8.22. The predicted molar refractivity (Wildman–Crippen MR) is 132 cm³/mol. The van der Waals surface area contributed by atoms with Crippen LogP contribution in [0.3, 0.4) is 0 Å². The summed E-state index contributed by atoms with van der Waals surface area (Å²) in [6.45, 7) is 7.20. The Morgan fingerprint density at radius 2 is 1.45 bits per heavy atom.